The molecular weight excluding hydrogens is 200 g/mol. The highest BCUT2D eigenvalue weighted by molar-refractivity contribution is 6.06. The molecule has 80 valence electrons. The fourth-order valence-corrected chi connectivity index (χ4v) is 1.84. The zero-order chi connectivity index (χ0) is 11.2. The van der Waals surface area contributed by atoms with Crippen LogP contribution in [0.3, 0.4) is 0 Å². The molecule has 0 N–H and O–H groups in total. The van der Waals surface area contributed by atoms with Gasteiger partial charge in [0.05, 0.1) is 11.3 Å². The lowest BCUT2D eigenvalue weighted by Gasteiger charge is -2.21. The number of fused-ring (bicyclic) bond motifs is 1. The summed E-state index contributed by atoms with van der Waals surface area (Å²) in [5.74, 6) is -4.50. The van der Waals surface area contributed by atoms with Gasteiger partial charge in [-0.1, -0.05) is 18.2 Å². The highest BCUT2D eigenvalue weighted by atomic mass is 19.3. The van der Waals surface area contributed by atoms with Gasteiger partial charge in [-0.2, -0.15) is 8.78 Å². The molecule has 0 fully saturated rings. The summed E-state index contributed by atoms with van der Waals surface area (Å²) in [6.07, 6.45) is 0. The molecule has 0 aromatic heterocycles. The molecule has 2 nitrogen and oxygen atoms in total. The Bertz CT molecular complexity index is 415. The van der Waals surface area contributed by atoms with E-state index in [2.05, 4.69) is 0 Å². The SMILES string of the molecule is CC(C)N1C(=O)C(F)(F)c2ccccc21. The molecule has 1 aromatic rings. The number of amides is 1. The van der Waals surface area contributed by atoms with Gasteiger partial charge in [0.15, 0.2) is 0 Å². The summed E-state index contributed by atoms with van der Waals surface area (Å²) in [6, 6.07) is 5.77. The number of benzene rings is 1. The summed E-state index contributed by atoms with van der Waals surface area (Å²) in [5.41, 5.74) is 0.131. The number of halogens is 2. The summed E-state index contributed by atoms with van der Waals surface area (Å²) >= 11 is 0. The van der Waals surface area contributed by atoms with Crippen LogP contribution in [0, 0.1) is 0 Å². The molecule has 1 aliphatic rings. The van der Waals surface area contributed by atoms with Gasteiger partial charge in [-0.15, -0.1) is 0 Å². The average Bonchev–Trinajstić information content (AvgIpc) is 2.36. The number of carbonyl (C=O) groups excluding carboxylic acids is 1. The Balaban J connectivity index is 2.62. The van der Waals surface area contributed by atoms with Gasteiger partial charge < -0.3 is 4.90 Å². The van der Waals surface area contributed by atoms with Crippen LogP contribution in [0.15, 0.2) is 24.3 Å². The van der Waals surface area contributed by atoms with E-state index < -0.39 is 11.8 Å². The first-order valence-electron chi connectivity index (χ1n) is 4.77. The van der Waals surface area contributed by atoms with Crippen molar-refractivity contribution in [3.05, 3.63) is 29.8 Å². The Morgan fingerprint density at radius 2 is 1.87 bits per heavy atom. The smallest absolute Gasteiger partial charge is 0.304 e. The van der Waals surface area contributed by atoms with Gasteiger partial charge in [-0.3, -0.25) is 4.79 Å². The van der Waals surface area contributed by atoms with E-state index in [-0.39, 0.29) is 11.6 Å². The van der Waals surface area contributed by atoms with E-state index in [1.807, 2.05) is 0 Å². The summed E-state index contributed by atoms with van der Waals surface area (Å²) in [6.45, 7) is 3.44. The lowest BCUT2D eigenvalue weighted by molar-refractivity contribution is -0.141. The predicted octanol–water partition coefficient (Wildman–Crippen LogP) is 2.53. The van der Waals surface area contributed by atoms with Crippen LogP contribution in [0.25, 0.3) is 0 Å². The maximum Gasteiger partial charge on any atom is 0.352 e. The molecule has 1 amide bonds. The molecule has 0 bridgehead atoms. The number of anilines is 1. The maximum absolute atomic E-state index is 13.5. The van der Waals surface area contributed by atoms with Crippen LogP contribution >= 0.6 is 0 Å². The van der Waals surface area contributed by atoms with Gasteiger partial charge in [0.1, 0.15) is 0 Å². The first-order chi connectivity index (χ1) is 6.96. The minimum Gasteiger partial charge on any atom is -0.304 e. The van der Waals surface area contributed by atoms with Crippen molar-refractivity contribution in [1.29, 1.82) is 0 Å². The van der Waals surface area contributed by atoms with Gasteiger partial charge in [-0.25, -0.2) is 0 Å². The minimum absolute atomic E-state index is 0.191. The second-order valence-electron chi connectivity index (χ2n) is 3.86. The van der Waals surface area contributed by atoms with E-state index in [4.69, 9.17) is 0 Å². The maximum atomic E-state index is 13.5. The first-order valence-corrected chi connectivity index (χ1v) is 4.77. The van der Waals surface area contributed by atoms with Crippen LogP contribution < -0.4 is 4.90 Å². The third-order valence-electron chi connectivity index (χ3n) is 2.51. The second kappa shape index (κ2) is 3.02. The van der Waals surface area contributed by atoms with Crippen molar-refractivity contribution in [2.45, 2.75) is 25.8 Å². The van der Waals surface area contributed by atoms with E-state index in [1.165, 1.54) is 12.1 Å². The number of para-hydroxylation sites is 1. The van der Waals surface area contributed by atoms with Crippen molar-refractivity contribution < 1.29 is 13.6 Å². The number of alkyl halides is 2. The normalized spacial score (nSPS) is 18.5. The van der Waals surface area contributed by atoms with Crippen LogP contribution in [0.2, 0.25) is 0 Å². The Labute approximate surface area is 86.5 Å². The van der Waals surface area contributed by atoms with E-state index in [0.717, 1.165) is 4.90 Å². The number of hydrogen-bond acceptors (Lipinski definition) is 1. The summed E-state index contributed by atoms with van der Waals surface area (Å²) in [5, 5.41) is 0. The summed E-state index contributed by atoms with van der Waals surface area (Å²) in [4.78, 5) is 12.6. The fourth-order valence-electron chi connectivity index (χ4n) is 1.84. The van der Waals surface area contributed by atoms with Crippen molar-refractivity contribution in [1.82, 2.24) is 0 Å². The Hall–Kier alpha value is -1.45. The van der Waals surface area contributed by atoms with E-state index in [0.29, 0.717) is 5.69 Å². The Kier molecular flexibility index (Phi) is 2.03. The second-order valence-corrected chi connectivity index (χ2v) is 3.86. The lowest BCUT2D eigenvalue weighted by atomic mass is 10.1. The molecule has 1 aliphatic heterocycles. The molecule has 4 heteroatoms. The molecule has 0 aliphatic carbocycles. The molecular formula is C11H11F2NO. The average molecular weight is 211 g/mol. The number of rotatable bonds is 1. The van der Waals surface area contributed by atoms with Crippen LogP contribution in [-0.4, -0.2) is 11.9 Å². The standard InChI is InChI=1S/C11H11F2NO/c1-7(2)14-9-6-4-3-5-8(9)11(12,13)10(14)15/h3-7H,1-2H3. The Morgan fingerprint density at radius 3 is 2.47 bits per heavy atom. The molecule has 15 heavy (non-hydrogen) atoms. The third kappa shape index (κ3) is 1.24. The Morgan fingerprint density at radius 1 is 1.27 bits per heavy atom. The van der Waals surface area contributed by atoms with E-state index in [9.17, 15) is 13.6 Å². The van der Waals surface area contributed by atoms with Crippen molar-refractivity contribution >= 4 is 11.6 Å². The van der Waals surface area contributed by atoms with Crippen LogP contribution in [0.1, 0.15) is 19.4 Å². The fraction of sp³-hybridized carbons (Fsp3) is 0.364. The number of hydrogen-bond donors (Lipinski definition) is 0. The highest BCUT2D eigenvalue weighted by Crippen LogP contribution is 2.44. The molecule has 0 spiro atoms. The lowest BCUT2D eigenvalue weighted by Crippen LogP contribution is -2.39. The summed E-state index contributed by atoms with van der Waals surface area (Å²) in [7, 11) is 0. The molecule has 0 unspecified atom stereocenters. The van der Waals surface area contributed by atoms with Crippen molar-refractivity contribution in [2.24, 2.45) is 0 Å². The van der Waals surface area contributed by atoms with Gasteiger partial charge in [-0.05, 0) is 19.9 Å². The van der Waals surface area contributed by atoms with E-state index >= 15 is 0 Å². The molecule has 0 atom stereocenters. The number of nitrogens with zero attached hydrogens (tertiary/aromatic N) is 1. The zero-order valence-corrected chi connectivity index (χ0v) is 8.50. The number of carbonyl (C=O) groups is 1. The molecule has 2 rings (SSSR count). The zero-order valence-electron chi connectivity index (χ0n) is 8.50. The summed E-state index contributed by atoms with van der Waals surface area (Å²) < 4.78 is 27.1. The molecule has 1 aromatic carbocycles. The van der Waals surface area contributed by atoms with Gasteiger partial charge in [0.2, 0.25) is 0 Å². The van der Waals surface area contributed by atoms with Crippen molar-refractivity contribution in [2.75, 3.05) is 4.90 Å². The third-order valence-corrected chi connectivity index (χ3v) is 2.51. The van der Waals surface area contributed by atoms with Gasteiger partial charge in [0.25, 0.3) is 0 Å². The largest absolute Gasteiger partial charge is 0.352 e. The van der Waals surface area contributed by atoms with Crippen molar-refractivity contribution in [3.63, 3.8) is 0 Å². The monoisotopic (exact) mass is 211 g/mol. The van der Waals surface area contributed by atoms with E-state index in [1.54, 1.807) is 26.0 Å². The molecule has 1 heterocycles. The highest BCUT2D eigenvalue weighted by Gasteiger charge is 2.53. The van der Waals surface area contributed by atoms with Gasteiger partial charge in [0, 0.05) is 6.04 Å². The quantitative estimate of drug-likeness (QED) is 0.699. The topological polar surface area (TPSA) is 20.3 Å². The first kappa shape index (κ1) is 10.1. The van der Waals surface area contributed by atoms with Crippen LogP contribution in [0.4, 0.5) is 14.5 Å². The molecule has 0 radical (unpaired) electrons. The van der Waals surface area contributed by atoms with Crippen LogP contribution in [0.5, 0.6) is 0 Å². The minimum atomic E-state index is -3.37. The van der Waals surface area contributed by atoms with Crippen LogP contribution in [-0.2, 0) is 10.7 Å². The molecule has 0 saturated heterocycles. The molecule has 0 saturated carbocycles. The predicted molar refractivity (Wildman–Crippen MR) is 53.0 cm³/mol. The van der Waals surface area contributed by atoms with Gasteiger partial charge >= 0.3 is 11.8 Å². The van der Waals surface area contributed by atoms with Crippen molar-refractivity contribution in [3.8, 4) is 0 Å².